The maximum absolute atomic E-state index is 10.5. The number of thioether (sulfide) groups is 4. The highest BCUT2D eigenvalue weighted by atomic mass is 32.3. The van der Waals surface area contributed by atoms with Crippen LogP contribution in [0.1, 0.15) is 6.92 Å². The van der Waals surface area contributed by atoms with E-state index in [2.05, 4.69) is 44.8 Å². The number of hydrogen-bond donors (Lipinski definition) is 4. The van der Waals surface area contributed by atoms with E-state index in [0.717, 1.165) is 40.3 Å². The summed E-state index contributed by atoms with van der Waals surface area (Å²) in [5.41, 5.74) is -0.373. The first kappa shape index (κ1) is 20.4. The van der Waals surface area contributed by atoms with Crippen LogP contribution in [0.4, 0.5) is 0 Å². The molecule has 8 heteroatoms. The number of aliphatic hydroxyl groups excluding tert-OH is 1. The van der Waals surface area contributed by atoms with Gasteiger partial charge in [-0.15, -0.1) is 47.0 Å². The zero-order valence-electron chi connectivity index (χ0n) is 10.4. The molecule has 0 aliphatic carbocycles. The lowest BCUT2D eigenvalue weighted by Gasteiger charge is -2.36. The standard InChI is InChI=1S/C10H22OS7/c1-2-15-9(11)10(16-6-3-12,17-7-4-13)18-8-5-14/h9,11-14H,2-8H2,1H3. The molecular formula is C10H22OS7. The average molecular weight is 383 g/mol. The summed E-state index contributed by atoms with van der Waals surface area (Å²) in [5.74, 6) is 6.26. The Balaban J connectivity index is 4.72. The molecule has 0 aromatic heterocycles. The number of hydrogen-bond acceptors (Lipinski definition) is 8. The Labute approximate surface area is 145 Å². The van der Waals surface area contributed by atoms with Crippen molar-refractivity contribution in [1.29, 1.82) is 0 Å². The van der Waals surface area contributed by atoms with Crippen LogP contribution >= 0.6 is 84.9 Å². The van der Waals surface area contributed by atoms with Crippen molar-refractivity contribution in [2.24, 2.45) is 0 Å². The van der Waals surface area contributed by atoms with Crippen LogP contribution in [-0.2, 0) is 0 Å². The van der Waals surface area contributed by atoms with Crippen LogP contribution in [0, 0.1) is 0 Å². The van der Waals surface area contributed by atoms with E-state index in [4.69, 9.17) is 0 Å². The number of thiol groups is 3. The van der Waals surface area contributed by atoms with Gasteiger partial charge in [-0.05, 0) is 23.0 Å². The lowest BCUT2D eigenvalue weighted by molar-refractivity contribution is 0.274. The molecule has 0 rings (SSSR count). The Morgan fingerprint density at radius 3 is 1.61 bits per heavy atom. The molecule has 0 bridgehead atoms. The van der Waals surface area contributed by atoms with Crippen molar-refractivity contribution in [1.82, 2.24) is 0 Å². The van der Waals surface area contributed by atoms with Crippen molar-refractivity contribution in [3.63, 3.8) is 0 Å². The van der Waals surface area contributed by atoms with E-state index in [1.165, 1.54) is 0 Å². The molecule has 0 aromatic carbocycles. The minimum absolute atomic E-state index is 0.213. The van der Waals surface area contributed by atoms with Gasteiger partial charge in [-0.25, -0.2) is 0 Å². The molecule has 0 heterocycles. The summed E-state index contributed by atoms with van der Waals surface area (Å²) in [6, 6.07) is 0. The van der Waals surface area contributed by atoms with E-state index in [0.29, 0.717) is 0 Å². The van der Waals surface area contributed by atoms with Crippen molar-refractivity contribution in [3.8, 4) is 0 Å². The third-order valence-electron chi connectivity index (χ3n) is 1.81. The van der Waals surface area contributed by atoms with E-state index in [1.807, 2.05) is 35.3 Å². The Hall–Kier alpha value is 2.41. The number of aliphatic hydroxyl groups is 1. The molecule has 0 aromatic rings. The first-order valence-electron chi connectivity index (χ1n) is 5.71. The number of rotatable bonds is 12. The summed E-state index contributed by atoms with van der Waals surface area (Å²) in [4.78, 5) is 0. The lowest BCUT2D eigenvalue weighted by atomic mass is 10.8. The summed E-state index contributed by atoms with van der Waals surface area (Å²) in [5, 5.41) is 10.5. The van der Waals surface area contributed by atoms with Gasteiger partial charge in [0.25, 0.3) is 0 Å². The van der Waals surface area contributed by atoms with Gasteiger partial charge in [-0.3, -0.25) is 0 Å². The van der Waals surface area contributed by atoms with Crippen LogP contribution in [0.2, 0.25) is 0 Å². The zero-order chi connectivity index (χ0) is 13.9. The van der Waals surface area contributed by atoms with Gasteiger partial charge in [-0.2, -0.15) is 37.9 Å². The van der Waals surface area contributed by atoms with Crippen LogP contribution < -0.4 is 0 Å². The first-order chi connectivity index (χ1) is 8.66. The second kappa shape index (κ2) is 13.1. The highest BCUT2D eigenvalue weighted by Crippen LogP contribution is 2.52. The highest BCUT2D eigenvalue weighted by Gasteiger charge is 2.39. The maximum Gasteiger partial charge on any atom is 0.142 e. The fourth-order valence-electron chi connectivity index (χ4n) is 1.16. The molecular weight excluding hydrogens is 361 g/mol. The quantitative estimate of drug-likeness (QED) is 0.304. The molecule has 0 saturated carbocycles. The molecule has 110 valence electrons. The largest absolute Gasteiger partial charge is 0.379 e. The van der Waals surface area contributed by atoms with Crippen molar-refractivity contribution in [2.75, 3.05) is 40.3 Å². The van der Waals surface area contributed by atoms with Crippen molar-refractivity contribution >= 4 is 84.9 Å². The Morgan fingerprint density at radius 1 is 0.944 bits per heavy atom. The third kappa shape index (κ3) is 8.00. The van der Waals surface area contributed by atoms with Gasteiger partial charge in [0.05, 0.1) is 0 Å². The molecule has 18 heavy (non-hydrogen) atoms. The normalized spacial score (nSPS) is 13.8. The SMILES string of the molecule is CCSC(O)C(SCCS)(SCCS)SCCS. The molecule has 0 saturated heterocycles. The van der Waals surface area contributed by atoms with Crippen LogP contribution in [0.15, 0.2) is 0 Å². The van der Waals surface area contributed by atoms with Gasteiger partial charge in [-0.1, -0.05) is 6.92 Å². The smallest absolute Gasteiger partial charge is 0.142 e. The van der Waals surface area contributed by atoms with Gasteiger partial charge in [0.2, 0.25) is 0 Å². The molecule has 0 spiro atoms. The van der Waals surface area contributed by atoms with Crippen LogP contribution in [0.25, 0.3) is 0 Å². The Bertz CT molecular complexity index is 171. The monoisotopic (exact) mass is 382 g/mol. The molecule has 0 radical (unpaired) electrons. The van der Waals surface area contributed by atoms with E-state index in [-0.39, 0.29) is 8.85 Å². The maximum atomic E-state index is 10.5. The molecule has 0 aliphatic rings. The molecule has 0 fully saturated rings. The second-order valence-electron chi connectivity index (χ2n) is 3.13. The third-order valence-corrected chi connectivity index (χ3v) is 10.1. The Morgan fingerprint density at radius 2 is 1.33 bits per heavy atom. The molecule has 1 atom stereocenters. The van der Waals surface area contributed by atoms with E-state index in [9.17, 15) is 5.11 Å². The predicted molar refractivity (Wildman–Crippen MR) is 106 cm³/mol. The summed E-state index contributed by atoms with van der Waals surface area (Å²) < 4.78 is -0.213. The van der Waals surface area contributed by atoms with Crippen LogP contribution in [0.3, 0.4) is 0 Å². The summed E-state index contributed by atoms with van der Waals surface area (Å²) in [7, 11) is 0. The average Bonchev–Trinajstić information content (AvgIpc) is 2.38. The van der Waals surface area contributed by atoms with Gasteiger partial charge in [0.15, 0.2) is 0 Å². The Kier molecular flexibility index (Phi) is 14.9. The molecule has 0 amide bonds. The van der Waals surface area contributed by atoms with Crippen molar-refractivity contribution in [3.05, 3.63) is 0 Å². The van der Waals surface area contributed by atoms with Gasteiger partial charge in [0, 0.05) is 17.3 Å². The van der Waals surface area contributed by atoms with Crippen LogP contribution in [0.5, 0.6) is 0 Å². The van der Waals surface area contributed by atoms with Gasteiger partial charge >= 0.3 is 0 Å². The van der Waals surface area contributed by atoms with E-state index in [1.54, 1.807) is 11.8 Å². The fourth-order valence-corrected chi connectivity index (χ4v) is 7.78. The summed E-state index contributed by atoms with van der Waals surface area (Å²) >= 11 is 19.9. The minimum atomic E-state index is -0.373. The lowest BCUT2D eigenvalue weighted by Crippen LogP contribution is -2.32. The van der Waals surface area contributed by atoms with Gasteiger partial charge < -0.3 is 5.11 Å². The van der Waals surface area contributed by atoms with Gasteiger partial charge in [0.1, 0.15) is 8.85 Å². The second-order valence-corrected chi connectivity index (χ2v) is 10.6. The fraction of sp³-hybridized carbons (Fsp3) is 1.00. The molecule has 1 unspecified atom stereocenters. The van der Waals surface area contributed by atoms with Crippen molar-refractivity contribution in [2.45, 2.75) is 15.8 Å². The molecule has 1 N–H and O–H groups in total. The topological polar surface area (TPSA) is 20.2 Å². The molecule has 1 nitrogen and oxygen atoms in total. The predicted octanol–water partition coefficient (Wildman–Crippen LogP) is 3.70. The minimum Gasteiger partial charge on any atom is -0.379 e. The summed E-state index contributed by atoms with van der Waals surface area (Å²) in [6.07, 6.45) is 0. The van der Waals surface area contributed by atoms with Crippen molar-refractivity contribution < 1.29 is 5.11 Å². The van der Waals surface area contributed by atoms with Crippen LogP contribution in [-0.4, -0.2) is 54.2 Å². The first-order valence-corrected chi connectivity index (χ1v) is 11.6. The van der Waals surface area contributed by atoms with E-state index >= 15 is 0 Å². The zero-order valence-corrected chi connectivity index (χ0v) is 16.4. The summed E-state index contributed by atoms with van der Waals surface area (Å²) in [6.45, 7) is 2.08. The van der Waals surface area contributed by atoms with E-state index < -0.39 is 0 Å². The molecule has 0 aliphatic heterocycles. The highest BCUT2D eigenvalue weighted by molar-refractivity contribution is 8.34.